The van der Waals surface area contributed by atoms with E-state index in [1.807, 2.05) is 0 Å². The summed E-state index contributed by atoms with van der Waals surface area (Å²) < 4.78 is 0. The van der Waals surface area contributed by atoms with Crippen molar-refractivity contribution in [3.63, 3.8) is 0 Å². The van der Waals surface area contributed by atoms with Gasteiger partial charge in [-0.25, -0.2) is 0 Å². The summed E-state index contributed by atoms with van der Waals surface area (Å²) in [4.78, 5) is 13.0. The van der Waals surface area contributed by atoms with E-state index in [9.17, 15) is 4.79 Å². The van der Waals surface area contributed by atoms with E-state index in [2.05, 4.69) is 10.0 Å². The number of hydrogen-bond donors (Lipinski definition) is 4. The maximum Gasteiger partial charge on any atom is 0.228 e. The number of carbonyl (C=O) groups is 1. The average Bonchev–Trinajstić information content (AvgIpc) is 2.15. The molecule has 0 aliphatic carbocycles. The molecule has 0 heterocycles. The summed E-state index contributed by atoms with van der Waals surface area (Å²) in [5.41, 5.74) is 5.22. The Kier molecular flexibility index (Phi) is 4.32. The molecule has 13 heavy (non-hydrogen) atoms. The first-order chi connectivity index (χ1) is 6.01. The lowest BCUT2D eigenvalue weighted by Gasteiger charge is -2.19. The topological polar surface area (TPSA) is 147 Å². The molecule has 0 rings (SSSR count). The minimum Gasteiger partial charge on any atom is -0.393 e. The molecule has 4 N–H and O–H groups in total. The van der Waals surface area contributed by atoms with Crippen LogP contribution in [0.4, 0.5) is 0 Å². The van der Waals surface area contributed by atoms with Crippen LogP contribution in [0.5, 0.6) is 0 Å². The SMILES string of the molecule is [N-]=[N+]=N[C@@](O)(CO)C(=O)[C@H](O)CO. The second kappa shape index (κ2) is 4.75. The minimum atomic E-state index is -2.71. The second-order valence-corrected chi connectivity index (χ2v) is 2.23. The number of ketones is 1. The van der Waals surface area contributed by atoms with Crippen molar-refractivity contribution in [3.8, 4) is 0 Å². The van der Waals surface area contributed by atoms with Gasteiger partial charge in [-0.3, -0.25) is 4.79 Å². The van der Waals surface area contributed by atoms with Crippen molar-refractivity contribution >= 4 is 5.78 Å². The van der Waals surface area contributed by atoms with Crippen LogP contribution in [-0.2, 0) is 4.79 Å². The van der Waals surface area contributed by atoms with E-state index < -0.39 is 30.8 Å². The van der Waals surface area contributed by atoms with Crippen molar-refractivity contribution in [2.45, 2.75) is 11.8 Å². The lowest BCUT2D eigenvalue weighted by molar-refractivity contribution is -0.151. The molecule has 0 amide bonds. The van der Waals surface area contributed by atoms with Gasteiger partial charge >= 0.3 is 0 Å². The van der Waals surface area contributed by atoms with Crippen molar-refractivity contribution in [2.24, 2.45) is 5.11 Å². The van der Waals surface area contributed by atoms with Gasteiger partial charge in [0, 0.05) is 4.91 Å². The van der Waals surface area contributed by atoms with Crippen molar-refractivity contribution in [2.75, 3.05) is 13.2 Å². The molecule has 0 spiro atoms. The molecular formula is C5H9N3O5. The maximum absolute atomic E-state index is 10.9. The molecule has 0 bridgehead atoms. The van der Waals surface area contributed by atoms with Crippen LogP contribution in [0.25, 0.3) is 10.4 Å². The number of rotatable bonds is 5. The summed E-state index contributed by atoms with van der Waals surface area (Å²) in [6, 6.07) is 0. The Morgan fingerprint density at radius 2 is 2.15 bits per heavy atom. The van der Waals surface area contributed by atoms with Crippen molar-refractivity contribution in [3.05, 3.63) is 10.4 Å². The van der Waals surface area contributed by atoms with Crippen LogP contribution in [0, 0.1) is 0 Å². The molecule has 0 unspecified atom stereocenters. The number of azide groups is 1. The van der Waals surface area contributed by atoms with E-state index in [0.29, 0.717) is 0 Å². The van der Waals surface area contributed by atoms with Crippen molar-refractivity contribution < 1.29 is 25.2 Å². The fourth-order valence-electron chi connectivity index (χ4n) is 0.583. The molecule has 0 saturated heterocycles. The van der Waals surface area contributed by atoms with Gasteiger partial charge in [-0.05, 0) is 10.6 Å². The molecule has 0 aromatic carbocycles. The molecule has 0 radical (unpaired) electrons. The predicted octanol–water partition coefficient (Wildman–Crippen LogP) is -2.10. The van der Waals surface area contributed by atoms with Crippen LogP contribution in [0.15, 0.2) is 5.11 Å². The summed E-state index contributed by atoms with van der Waals surface area (Å²) in [6.07, 6.45) is -1.89. The largest absolute Gasteiger partial charge is 0.393 e. The number of nitrogens with zero attached hydrogens (tertiary/aromatic N) is 3. The maximum atomic E-state index is 10.9. The third-order valence-electron chi connectivity index (χ3n) is 1.30. The molecule has 8 heteroatoms. The normalized spacial score (nSPS) is 16.9. The van der Waals surface area contributed by atoms with Crippen LogP contribution in [-0.4, -0.2) is 51.3 Å². The van der Waals surface area contributed by atoms with Gasteiger partial charge in [0.05, 0.1) is 13.2 Å². The molecular weight excluding hydrogens is 182 g/mol. The zero-order valence-electron chi connectivity index (χ0n) is 6.53. The van der Waals surface area contributed by atoms with Crippen LogP contribution in [0.1, 0.15) is 0 Å². The highest BCUT2D eigenvalue weighted by atomic mass is 16.4. The Labute approximate surface area is 72.7 Å². The second-order valence-electron chi connectivity index (χ2n) is 2.23. The Balaban J connectivity index is 4.76. The van der Waals surface area contributed by atoms with Gasteiger partial charge in [0.2, 0.25) is 11.5 Å². The van der Waals surface area contributed by atoms with Crippen molar-refractivity contribution in [1.29, 1.82) is 0 Å². The molecule has 74 valence electrons. The molecule has 2 atom stereocenters. The molecule has 0 saturated carbocycles. The monoisotopic (exact) mass is 191 g/mol. The van der Waals surface area contributed by atoms with Gasteiger partial charge in [0.15, 0.2) is 0 Å². The third-order valence-corrected chi connectivity index (χ3v) is 1.30. The van der Waals surface area contributed by atoms with Gasteiger partial charge in [0.1, 0.15) is 6.10 Å². The van der Waals surface area contributed by atoms with E-state index in [1.54, 1.807) is 0 Å². The van der Waals surface area contributed by atoms with Gasteiger partial charge in [-0.2, -0.15) is 0 Å². The Morgan fingerprint density at radius 3 is 2.46 bits per heavy atom. The number of Topliss-reactive ketones (excluding diaryl/α,β-unsaturated/α-hetero) is 1. The third kappa shape index (κ3) is 2.65. The first-order valence-electron chi connectivity index (χ1n) is 3.24. The Hall–Kier alpha value is -1.18. The summed E-state index contributed by atoms with van der Waals surface area (Å²) in [5, 5.41) is 37.3. The van der Waals surface area contributed by atoms with Gasteiger partial charge in [0.25, 0.3) is 0 Å². The number of aliphatic hydroxyl groups excluding tert-OH is 3. The van der Waals surface area contributed by atoms with Crippen LogP contribution < -0.4 is 0 Å². The lowest BCUT2D eigenvalue weighted by atomic mass is 10.1. The Bertz CT molecular complexity index is 238. The molecule has 0 aromatic rings. The first kappa shape index (κ1) is 11.8. The van der Waals surface area contributed by atoms with Gasteiger partial charge in [-0.1, -0.05) is 0 Å². The van der Waals surface area contributed by atoms with E-state index in [4.69, 9.17) is 26.0 Å². The predicted molar refractivity (Wildman–Crippen MR) is 39.3 cm³/mol. The summed E-state index contributed by atoms with van der Waals surface area (Å²) in [6.45, 7) is -2.09. The van der Waals surface area contributed by atoms with Crippen LogP contribution >= 0.6 is 0 Å². The van der Waals surface area contributed by atoms with Crippen LogP contribution in [0.2, 0.25) is 0 Å². The highest BCUT2D eigenvalue weighted by Crippen LogP contribution is 2.10. The fourth-order valence-corrected chi connectivity index (χ4v) is 0.583. The van der Waals surface area contributed by atoms with Gasteiger partial charge in [-0.15, -0.1) is 0 Å². The zero-order valence-corrected chi connectivity index (χ0v) is 6.53. The number of hydrogen-bond acceptors (Lipinski definition) is 6. The summed E-state index contributed by atoms with van der Waals surface area (Å²) >= 11 is 0. The zero-order chi connectivity index (χ0) is 10.5. The quantitative estimate of drug-likeness (QED) is 0.223. The molecule has 0 fully saturated rings. The van der Waals surface area contributed by atoms with E-state index >= 15 is 0 Å². The summed E-state index contributed by atoms with van der Waals surface area (Å²) in [7, 11) is 0. The fraction of sp³-hybridized carbons (Fsp3) is 0.800. The Morgan fingerprint density at radius 1 is 1.62 bits per heavy atom. The van der Waals surface area contributed by atoms with Crippen molar-refractivity contribution in [1.82, 2.24) is 0 Å². The number of aliphatic hydroxyl groups is 4. The average molecular weight is 191 g/mol. The number of carbonyl (C=O) groups excluding carboxylic acids is 1. The lowest BCUT2D eigenvalue weighted by Crippen LogP contribution is -2.47. The van der Waals surface area contributed by atoms with E-state index in [-0.39, 0.29) is 0 Å². The smallest absolute Gasteiger partial charge is 0.228 e. The standard InChI is InChI=1S/C5H9N3O5/c6-8-7-5(13,2-10)4(12)3(11)1-9/h3,9-11,13H,1-2H2/t3-,5-/m1/s1. The van der Waals surface area contributed by atoms with E-state index in [1.165, 1.54) is 0 Å². The first-order valence-corrected chi connectivity index (χ1v) is 3.24. The van der Waals surface area contributed by atoms with Crippen LogP contribution in [0.3, 0.4) is 0 Å². The highest BCUT2D eigenvalue weighted by molar-refractivity contribution is 5.90. The minimum absolute atomic E-state index is 0.928. The van der Waals surface area contributed by atoms with E-state index in [0.717, 1.165) is 0 Å². The molecule has 0 aliphatic heterocycles. The van der Waals surface area contributed by atoms with Gasteiger partial charge < -0.3 is 20.4 Å². The highest BCUT2D eigenvalue weighted by Gasteiger charge is 2.38. The summed E-state index contributed by atoms with van der Waals surface area (Å²) in [5.74, 6) is -1.35. The molecule has 8 nitrogen and oxygen atoms in total. The molecule has 0 aliphatic rings. The molecule has 0 aromatic heterocycles.